The van der Waals surface area contributed by atoms with Gasteiger partial charge in [-0.05, 0) is 37.2 Å². The van der Waals surface area contributed by atoms with Gasteiger partial charge in [0.15, 0.2) is 0 Å². The van der Waals surface area contributed by atoms with Gasteiger partial charge in [-0.1, -0.05) is 25.3 Å². The van der Waals surface area contributed by atoms with Gasteiger partial charge in [0.05, 0.1) is 0 Å². The van der Waals surface area contributed by atoms with Crippen LogP contribution in [-0.4, -0.2) is 29.1 Å². The number of hydrogen-bond acceptors (Lipinski definition) is 2. The first-order chi connectivity index (χ1) is 10.3. The highest BCUT2D eigenvalue weighted by molar-refractivity contribution is 5.16. The van der Waals surface area contributed by atoms with Gasteiger partial charge in [-0.3, -0.25) is 4.79 Å². The molecule has 0 N–H and O–H groups in total. The summed E-state index contributed by atoms with van der Waals surface area (Å²) in [6.07, 6.45) is 8.46. The Morgan fingerprint density at radius 2 is 1.90 bits per heavy atom. The third-order valence-corrected chi connectivity index (χ3v) is 5.80. The highest BCUT2D eigenvalue weighted by Crippen LogP contribution is 2.36. The summed E-state index contributed by atoms with van der Waals surface area (Å²) in [4.78, 5) is 14.7. The van der Waals surface area contributed by atoms with Gasteiger partial charge in [0.1, 0.15) is 0 Å². The number of fused-ring (bicyclic) bond motifs is 4. The Labute approximate surface area is 127 Å². The predicted octanol–water partition coefficient (Wildman–Crippen LogP) is 2.85. The van der Waals surface area contributed by atoms with Crippen LogP contribution in [0.3, 0.4) is 0 Å². The molecule has 2 aliphatic heterocycles. The van der Waals surface area contributed by atoms with E-state index in [1.807, 2.05) is 10.6 Å². The van der Waals surface area contributed by atoms with Gasteiger partial charge in [0.25, 0.3) is 5.56 Å². The van der Waals surface area contributed by atoms with Crippen molar-refractivity contribution in [3.63, 3.8) is 0 Å². The Kier molecular flexibility index (Phi) is 3.62. The molecule has 3 aliphatic rings. The monoisotopic (exact) mass is 286 g/mol. The van der Waals surface area contributed by atoms with Gasteiger partial charge in [0.2, 0.25) is 0 Å². The lowest BCUT2D eigenvalue weighted by molar-refractivity contribution is 0.0967. The van der Waals surface area contributed by atoms with E-state index in [-0.39, 0.29) is 5.56 Å². The molecule has 3 heteroatoms. The summed E-state index contributed by atoms with van der Waals surface area (Å²) in [6, 6.07) is 5.82. The highest BCUT2D eigenvalue weighted by Gasteiger charge is 2.35. The number of piperidine rings is 1. The number of hydrogen-bond donors (Lipinski definition) is 0. The molecule has 2 fully saturated rings. The summed E-state index contributed by atoms with van der Waals surface area (Å²) < 4.78 is 2.04. The van der Waals surface area contributed by atoms with Gasteiger partial charge in [-0.25, -0.2) is 0 Å². The van der Waals surface area contributed by atoms with Crippen LogP contribution in [0.25, 0.3) is 0 Å². The van der Waals surface area contributed by atoms with Crippen LogP contribution < -0.4 is 5.56 Å². The first-order valence-electron chi connectivity index (χ1n) is 8.71. The number of nitrogens with zero attached hydrogens (tertiary/aromatic N) is 2. The molecule has 0 amide bonds. The van der Waals surface area contributed by atoms with Crippen molar-refractivity contribution in [2.45, 2.75) is 51.0 Å². The van der Waals surface area contributed by atoms with Crippen LogP contribution in [0.5, 0.6) is 0 Å². The van der Waals surface area contributed by atoms with Crippen LogP contribution >= 0.6 is 0 Å². The molecule has 2 bridgehead atoms. The van der Waals surface area contributed by atoms with E-state index < -0.39 is 0 Å². The smallest absolute Gasteiger partial charge is 0.250 e. The van der Waals surface area contributed by atoms with Crippen molar-refractivity contribution in [1.82, 2.24) is 9.47 Å². The second-order valence-electron chi connectivity index (χ2n) is 7.42. The summed E-state index contributed by atoms with van der Waals surface area (Å²) in [7, 11) is 0. The van der Waals surface area contributed by atoms with E-state index in [4.69, 9.17) is 0 Å². The molecular weight excluding hydrogens is 260 g/mol. The van der Waals surface area contributed by atoms with Crippen molar-refractivity contribution >= 4 is 0 Å². The SMILES string of the molecule is O=c1cccc2n1CC1CC2CN(CC2CCCCC2)C1. The normalized spacial score (nSPS) is 30.1. The minimum Gasteiger partial charge on any atom is -0.312 e. The standard InChI is InChI=1S/C18H26N2O/c21-18-8-4-7-17-16-9-15(12-20(17)18)11-19(13-16)10-14-5-2-1-3-6-14/h4,7-8,14-16H,1-3,5-6,9-13H2. The van der Waals surface area contributed by atoms with E-state index in [0.29, 0.717) is 11.8 Å². The van der Waals surface area contributed by atoms with Crippen molar-refractivity contribution in [2.24, 2.45) is 11.8 Å². The molecule has 0 spiro atoms. The van der Waals surface area contributed by atoms with Crippen LogP contribution in [0.1, 0.15) is 50.1 Å². The topological polar surface area (TPSA) is 25.2 Å². The zero-order valence-electron chi connectivity index (χ0n) is 12.8. The third kappa shape index (κ3) is 2.68. The maximum Gasteiger partial charge on any atom is 0.250 e. The highest BCUT2D eigenvalue weighted by atomic mass is 16.1. The Morgan fingerprint density at radius 1 is 1.05 bits per heavy atom. The maximum atomic E-state index is 12.0. The Morgan fingerprint density at radius 3 is 2.76 bits per heavy atom. The Hall–Kier alpha value is -1.09. The molecule has 21 heavy (non-hydrogen) atoms. The molecule has 2 atom stereocenters. The van der Waals surface area contributed by atoms with Crippen LogP contribution in [0.15, 0.2) is 23.0 Å². The fraction of sp³-hybridized carbons (Fsp3) is 0.722. The van der Waals surface area contributed by atoms with Gasteiger partial charge >= 0.3 is 0 Å². The largest absolute Gasteiger partial charge is 0.312 e. The quantitative estimate of drug-likeness (QED) is 0.835. The fourth-order valence-electron chi connectivity index (χ4n) is 4.88. The number of pyridine rings is 1. The van der Waals surface area contributed by atoms with E-state index in [0.717, 1.165) is 19.0 Å². The second kappa shape index (κ2) is 5.60. The summed E-state index contributed by atoms with van der Waals surface area (Å²) in [5, 5.41) is 0. The first-order valence-corrected chi connectivity index (χ1v) is 8.71. The van der Waals surface area contributed by atoms with Crippen LogP contribution in [0.2, 0.25) is 0 Å². The molecule has 4 rings (SSSR count). The lowest BCUT2D eigenvalue weighted by atomic mass is 9.82. The van der Waals surface area contributed by atoms with Gasteiger partial charge in [-0.15, -0.1) is 0 Å². The molecule has 0 aromatic carbocycles. The average Bonchev–Trinajstić information content (AvgIpc) is 2.49. The van der Waals surface area contributed by atoms with E-state index >= 15 is 0 Å². The van der Waals surface area contributed by atoms with Crippen molar-refractivity contribution < 1.29 is 0 Å². The molecular formula is C18H26N2O. The van der Waals surface area contributed by atoms with Gasteiger partial charge < -0.3 is 9.47 Å². The Bertz CT molecular complexity index is 559. The van der Waals surface area contributed by atoms with Crippen LogP contribution in [0.4, 0.5) is 0 Å². The molecule has 114 valence electrons. The summed E-state index contributed by atoms with van der Waals surface area (Å²) >= 11 is 0. The molecule has 0 radical (unpaired) electrons. The van der Waals surface area contributed by atoms with Crippen molar-refractivity contribution in [1.29, 1.82) is 0 Å². The van der Waals surface area contributed by atoms with E-state index in [9.17, 15) is 4.79 Å². The number of rotatable bonds is 2. The zero-order chi connectivity index (χ0) is 14.2. The first kappa shape index (κ1) is 13.6. The Balaban J connectivity index is 1.50. The summed E-state index contributed by atoms with van der Waals surface area (Å²) in [5.41, 5.74) is 1.48. The maximum absolute atomic E-state index is 12.0. The second-order valence-corrected chi connectivity index (χ2v) is 7.42. The molecule has 1 saturated heterocycles. The van der Waals surface area contributed by atoms with E-state index in [1.165, 1.54) is 57.3 Å². The minimum atomic E-state index is 0.197. The minimum absolute atomic E-state index is 0.197. The lowest BCUT2D eigenvalue weighted by Gasteiger charge is -2.44. The summed E-state index contributed by atoms with van der Waals surface area (Å²) in [6.45, 7) is 4.60. The van der Waals surface area contributed by atoms with Crippen molar-refractivity contribution in [3.8, 4) is 0 Å². The van der Waals surface area contributed by atoms with Crippen LogP contribution in [-0.2, 0) is 6.54 Å². The predicted molar refractivity (Wildman–Crippen MR) is 84.6 cm³/mol. The van der Waals surface area contributed by atoms with Crippen molar-refractivity contribution in [2.75, 3.05) is 19.6 Å². The molecule has 1 aromatic rings. The molecule has 2 unspecified atom stereocenters. The van der Waals surface area contributed by atoms with E-state index in [2.05, 4.69) is 11.0 Å². The molecule has 1 aromatic heterocycles. The fourth-order valence-corrected chi connectivity index (χ4v) is 4.88. The van der Waals surface area contributed by atoms with Gasteiger partial charge in [0, 0.05) is 43.9 Å². The third-order valence-electron chi connectivity index (χ3n) is 5.80. The number of likely N-dealkylation sites (tertiary alicyclic amines) is 1. The van der Waals surface area contributed by atoms with Crippen LogP contribution in [0, 0.1) is 11.8 Å². The summed E-state index contributed by atoms with van der Waals surface area (Å²) in [5.74, 6) is 2.19. The molecule has 3 heterocycles. The molecule has 1 saturated carbocycles. The van der Waals surface area contributed by atoms with Crippen molar-refractivity contribution in [3.05, 3.63) is 34.2 Å². The van der Waals surface area contributed by atoms with E-state index in [1.54, 1.807) is 6.07 Å². The average molecular weight is 286 g/mol. The van der Waals surface area contributed by atoms with Gasteiger partial charge in [-0.2, -0.15) is 0 Å². The molecule has 3 nitrogen and oxygen atoms in total. The zero-order valence-corrected chi connectivity index (χ0v) is 12.8. The molecule has 1 aliphatic carbocycles. The lowest BCUT2D eigenvalue weighted by Crippen LogP contribution is -2.48. The number of aromatic nitrogens is 1.